The Morgan fingerprint density at radius 2 is 1.44 bits per heavy atom. The normalized spacial score (nSPS) is 9.44. The maximum absolute atomic E-state index is 2.28. The summed E-state index contributed by atoms with van der Waals surface area (Å²) in [7, 11) is 0. The zero-order valence-corrected chi connectivity index (χ0v) is 11.2. The molecule has 0 heterocycles. The molecule has 0 aromatic heterocycles. The molecule has 0 aromatic rings. The van der Waals surface area contributed by atoms with E-state index in [0.29, 0.717) is 0 Å². The third kappa shape index (κ3) is 9.10. The Hall–Kier alpha value is 1.10. The van der Waals surface area contributed by atoms with Crippen LogP contribution < -0.4 is 0 Å². The van der Waals surface area contributed by atoms with Crippen molar-refractivity contribution in [3.8, 4) is 0 Å². The first-order chi connectivity index (χ1) is 3.81. The first-order valence-electron chi connectivity index (χ1n) is 3.64. The summed E-state index contributed by atoms with van der Waals surface area (Å²) in [4.78, 5) is 0. The van der Waals surface area contributed by atoms with Crippen LogP contribution in [0.2, 0.25) is 4.51 Å². The van der Waals surface area contributed by atoms with Crippen molar-refractivity contribution in [1.82, 2.24) is 0 Å². The van der Waals surface area contributed by atoms with Gasteiger partial charge in [0.15, 0.2) is 0 Å². The fraction of sp³-hybridized carbons (Fsp3) is 1.00. The molecule has 0 N–H and O–H groups in total. The number of rotatable bonds is 4. The molecule has 0 radical (unpaired) electrons. The Morgan fingerprint density at radius 3 is 1.67 bits per heavy atom. The topological polar surface area (TPSA) is 0 Å². The average Bonchev–Trinajstić information content (AvgIpc) is 1.68. The van der Waals surface area contributed by atoms with Crippen LogP contribution in [0.15, 0.2) is 0 Å². The van der Waals surface area contributed by atoms with E-state index in [4.69, 9.17) is 0 Å². The second-order valence-corrected chi connectivity index (χ2v) is 4.87. The summed E-state index contributed by atoms with van der Waals surface area (Å²) in [5, 5.41) is 0. The van der Waals surface area contributed by atoms with Gasteiger partial charge in [0.05, 0.1) is 0 Å². The van der Waals surface area contributed by atoms with Crippen LogP contribution in [-0.2, 0) is 18.3 Å². The molecule has 0 nitrogen and oxygen atoms in total. The van der Waals surface area contributed by atoms with E-state index in [1.165, 1.54) is 44.0 Å². The van der Waals surface area contributed by atoms with Gasteiger partial charge in [-0.2, -0.15) is 0 Å². The fourth-order valence-corrected chi connectivity index (χ4v) is 2.67. The molecule has 9 heavy (non-hydrogen) atoms. The van der Waals surface area contributed by atoms with Crippen molar-refractivity contribution < 1.29 is 18.3 Å². The van der Waals surface area contributed by atoms with E-state index in [2.05, 4.69) is 13.8 Å². The van der Waals surface area contributed by atoms with Gasteiger partial charge in [0.2, 0.25) is 0 Å². The molecule has 0 saturated carbocycles. The predicted octanol–water partition coefficient (Wildman–Crippen LogP) is 3.50. The number of halogens is 1. The van der Waals surface area contributed by atoms with Gasteiger partial charge in [-0.05, 0) is 0 Å². The van der Waals surface area contributed by atoms with Crippen LogP contribution in [0.25, 0.3) is 0 Å². The van der Waals surface area contributed by atoms with E-state index in [-0.39, 0.29) is 17.0 Å². The molecule has 0 unspecified atom stereocenters. The van der Waals surface area contributed by atoms with E-state index in [9.17, 15) is 0 Å². The van der Waals surface area contributed by atoms with E-state index < -0.39 is 0 Å². The van der Waals surface area contributed by atoms with Crippen LogP contribution in [0.1, 0.15) is 39.5 Å². The summed E-state index contributed by atoms with van der Waals surface area (Å²) in [6.07, 6.45) is 5.69. The molecule has 0 aliphatic carbocycles. The van der Waals surface area contributed by atoms with E-state index in [0.717, 1.165) is 4.51 Å². The minimum atomic E-state index is 0. The molecule has 0 aliphatic heterocycles. The van der Waals surface area contributed by atoms with Gasteiger partial charge in [0.25, 0.3) is 0 Å². The van der Waals surface area contributed by atoms with Crippen LogP contribution in [0, 0.1) is 0 Å². The molecule has 0 aliphatic rings. The molecular formula is C7H16BrZn. The van der Waals surface area contributed by atoms with Crippen LogP contribution in [0.3, 0.4) is 0 Å². The Kier molecular flexibility index (Phi) is 12.9. The minimum absolute atomic E-state index is 0. The monoisotopic (exact) mass is 243 g/mol. The Bertz CT molecular complexity index is 42.2. The molecule has 0 rings (SSSR count). The first-order valence-corrected chi connectivity index (χ1v) is 5.35. The molecule has 0 atom stereocenters. The molecule has 0 bridgehead atoms. The second kappa shape index (κ2) is 9.10. The first kappa shape index (κ1) is 12.8. The van der Waals surface area contributed by atoms with Crippen LogP contribution in [0.5, 0.6) is 0 Å². The van der Waals surface area contributed by atoms with Crippen molar-refractivity contribution in [2.75, 3.05) is 0 Å². The van der Waals surface area contributed by atoms with E-state index in [1.807, 2.05) is 0 Å². The van der Waals surface area contributed by atoms with Crippen LogP contribution >= 0.6 is 17.0 Å². The molecule has 0 spiro atoms. The van der Waals surface area contributed by atoms with Crippen LogP contribution in [0.4, 0.5) is 0 Å². The predicted molar refractivity (Wildman–Crippen MR) is 43.9 cm³/mol. The van der Waals surface area contributed by atoms with Gasteiger partial charge < -0.3 is 0 Å². The van der Waals surface area contributed by atoms with E-state index >= 15 is 0 Å². The SMILES string of the molecule is Br.CCC[CH]([Zn])CCC. The Morgan fingerprint density at radius 1 is 1.11 bits per heavy atom. The second-order valence-electron chi connectivity index (χ2n) is 2.44. The zero-order chi connectivity index (χ0) is 6.41. The standard InChI is InChI=1S/C7H15.BrH.Zn/c1-3-5-7-6-4-2;;/h7H,3-6H2,1-2H3;1H;. The fourth-order valence-electron chi connectivity index (χ4n) is 0.961. The van der Waals surface area contributed by atoms with Gasteiger partial charge in [-0.3, -0.25) is 0 Å². The molecule has 2 heteroatoms. The molecular weight excluding hydrogens is 229 g/mol. The van der Waals surface area contributed by atoms with Gasteiger partial charge in [-0.1, -0.05) is 0 Å². The molecule has 0 amide bonds. The van der Waals surface area contributed by atoms with Crippen molar-refractivity contribution in [1.29, 1.82) is 0 Å². The number of hydrogen-bond acceptors (Lipinski definition) is 0. The summed E-state index contributed by atoms with van der Waals surface area (Å²) in [6.45, 7) is 4.55. The third-order valence-corrected chi connectivity index (χ3v) is 3.11. The summed E-state index contributed by atoms with van der Waals surface area (Å²) in [5.74, 6) is 0. The summed E-state index contributed by atoms with van der Waals surface area (Å²) < 4.78 is 1.09. The summed E-state index contributed by atoms with van der Waals surface area (Å²) in [6, 6.07) is 0. The Labute approximate surface area is 79.2 Å². The van der Waals surface area contributed by atoms with Crippen molar-refractivity contribution in [3.05, 3.63) is 0 Å². The summed E-state index contributed by atoms with van der Waals surface area (Å²) >= 11 is 1.50. The molecule has 0 saturated heterocycles. The Balaban J connectivity index is 0. The van der Waals surface area contributed by atoms with Gasteiger partial charge in [0, 0.05) is 0 Å². The molecule has 53 valence electrons. The quantitative estimate of drug-likeness (QED) is 0.665. The van der Waals surface area contributed by atoms with Gasteiger partial charge >= 0.3 is 62.3 Å². The summed E-state index contributed by atoms with van der Waals surface area (Å²) in [5.41, 5.74) is 0. The van der Waals surface area contributed by atoms with Crippen molar-refractivity contribution in [2.24, 2.45) is 0 Å². The van der Waals surface area contributed by atoms with Gasteiger partial charge in [-0.15, -0.1) is 17.0 Å². The molecule has 0 aromatic carbocycles. The van der Waals surface area contributed by atoms with Crippen LogP contribution in [-0.4, -0.2) is 0 Å². The number of hydrogen-bond donors (Lipinski definition) is 0. The third-order valence-electron chi connectivity index (χ3n) is 1.39. The van der Waals surface area contributed by atoms with Gasteiger partial charge in [0.1, 0.15) is 0 Å². The van der Waals surface area contributed by atoms with Crippen molar-refractivity contribution in [2.45, 2.75) is 44.0 Å². The molecule has 0 fully saturated rings. The van der Waals surface area contributed by atoms with E-state index in [1.54, 1.807) is 0 Å². The van der Waals surface area contributed by atoms with Crippen molar-refractivity contribution in [3.63, 3.8) is 0 Å². The van der Waals surface area contributed by atoms with Gasteiger partial charge in [-0.25, -0.2) is 0 Å². The zero-order valence-electron chi connectivity index (χ0n) is 6.52. The van der Waals surface area contributed by atoms with Crippen molar-refractivity contribution >= 4 is 17.0 Å². The average molecular weight is 245 g/mol. The maximum atomic E-state index is 2.28.